The number of aromatic amines is 1. The molecule has 2 aromatic heterocycles. The summed E-state index contributed by atoms with van der Waals surface area (Å²) in [5.74, 6) is -0.552. The molecule has 0 spiro atoms. The molecule has 0 unspecified atom stereocenters. The Kier molecular flexibility index (Phi) is 4.41. The number of H-pyrrole nitrogens is 1. The number of hydrogen-bond acceptors (Lipinski definition) is 3. The zero-order valence-electron chi connectivity index (χ0n) is 13.5. The summed E-state index contributed by atoms with van der Waals surface area (Å²) in [5.41, 5.74) is 2.72. The number of rotatable bonds is 5. The molecule has 0 aliphatic rings. The lowest BCUT2D eigenvalue weighted by atomic mass is 10.0. The fourth-order valence-electron chi connectivity index (χ4n) is 2.49. The number of amides is 1. The number of halogens is 1. The van der Waals surface area contributed by atoms with E-state index >= 15 is 0 Å². The van der Waals surface area contributed by atoms with Crippen molar-refractivity contribution in [3.05, 3.63) is 59.8 Å². The first-order chi connectivity index (χ1) is 11.6. The zero-order chi connectivity index (χ0) is 17.1. The molecule has 3 aromatic rings. The highest BCUT2D eigenvalue weighted by molar-refractivity contribution is 5.93. The summed E-state index contributed by atoms with van der Waals surface area (Å²) in [6.07, 6.45) is 4.21. The maximum absolute atomic E-state index is 13.0. The molecular formula is C17H18FN5O. The topological polar surface area (TPSA) is 75.6 Å². The third-order valence-electron chi connectivity index (χ3n) is 3.81. The van der Waals surface area contributed by atoms with Gasteiger partial charge in [-0.3, -0.25) is 14.6 Å². The molecule has 124 valence electrons. The second-order valence-electron chi connectivity index (χ2n) is 5.56. The summed E-state index contributed by atoms with van der Waals surface area (Å²) < 4.78 is 14.7. The number of nitrogens with zero attached hydrogens (tertiary/aromatic N) is 3. The molecular weight excluding hydrogens is 309 g/mol. The van der Waals surface area contributed by atoms with Gasteiger partial charge in [0.15, 0.2) is 0 Å². The van der Waals surface area contributed by atoms with E-state index in [9.17, 15) is 9.18 Å². The molecule has 6 nitrogen and oxygen atoms in total. The molecule has 0 fully saturated rings. The van der Waals surface area contributed by atoms with Crippen LogP contribution in [0.3, 0.4) is 0 Å². The monoisotopic (exact) mass is 327 g/mol. The molecule has 24 heavy (non-hydrogen) atoms. The first kappa shape index (κ1) is 15.9. The standard InChI is InChI=1S/C17H18FN5O/c1-3-14(11-4-6-13(18)7-5-11)20-17(24)16-8-15(21-22-16)12-9-19-23(2)10-12/h4-10,14H,3H2,1-2H3,(H,20,24)(H,21,22)/t14-/m0/s1. The summed E-state index contributed by atoms with van der Waals surface area (Å²) in [6.45, 7) is 1.96. The van der Waals surface area contributed by atoms with Gasteiger partial charge in [-0.15, -0.1) is 0 Å². The van der Waals surface area contributed by atoms with Gasteiger partial charge in [0.05, 0.1) is 17.9 Å². The Morgan fingerprint density at radius 1 is 1.38 bits per heavy atom. The summed E-state index contributed by atoms with van der Waals surface area (Å²) in [6, 6.07) is 7.63. The van der Waals surface area contributed by atoms with Crippen molar-refractivity contribution in [2.45, 2.75) is 19.4 Å². The maximum Gasteiger partial charge on any atom is 0.269 e. The van der Waals surface area contributed by atoms with Crippen molar-refractivity contribution >= 4 is 5.91 Å². The number of hydrogen-bond donors (Lipinski definition) is 2. The Balaban J connectivity index is 1.74. The van der Waals surface area contributed by atoms with Gasteiger partial charge >= 0.3 is 0 Å². The summed E-state index contributed by atoms with van der Waals surface area (Å²) in [5, 5.41) is 13.9. The van der Waals surface area contributed by atoms with Crippen LogP contribution < -0.4 is 5.32 Å². The van der Waals surface area contributed by atoms with Crippen LogP contribution in [-0.4, -0.2) is 25.9 Å². The normalized spacial score (nSPS) is 12.1. The third kappa shape index (κ3) is 3.34. The van der Waals surface area contributed by atoms with Gasteiger partial charge < -0.3 is 5.32 Å². The van der Waals surface area contributed by atoms with Crippen LogP contribution in [0.15, 0.2) is 42.7 Å². The number of aryl methyl sites for hydroxylation is 1. The van der Waals surface area contributed by atoms with Gasteiger partial charge in [-0.05, 0) is 30.2 Å². The SMILES string of the molecule is CC[C@H](NC(=O)c1cc(-c2cnn(C)c2)n[nH]1)c1ccc(F)cc1. The van der Waals surface area contributed by atoms with Crippen molar-refractivity contribution in [2.75, 3.05) is 0 Å². The summed E-state index contributed by atoms with van der Waals surface area (Å²) >= 11 is 0. The molecule has 0 saturated carbocycles. The predicted molar refractivity (Wildman–Crippen MR) is 87.7 cm³/mol. The van der Waals surface area contributed by atoms with E-state index < -0.39 is 0 Å². The summed E-state index contributed by atoms with van der Waals surface area (Å²) in [7, 11) is 1.82. The van der Waals surface area contributed by atoms with Crippen LogP contribution in [0.2, 0.25) is 0 Å². The van der Waals surface area contributed by atoms with Crippen molar-refractivity contribution in [2.24, 2.45) is 7.05 Å². The van der Waals surface area contributed by atoms with E-state index in [1.165, 1.54) is 12.1 Å². The smallest absolute Gasteiger partial charge is 0.269 e. The van der Waals surface area contributed by atoms with Crippen molar-refractivity contribution in [3.8, 4) is 11.3 Å². The van der Waals surface area contributed by atoms with Crippen LogP contribution >= 0.6 is 0 Å². The van der Waals surface area contributed by atoms with Gasteiger partial charge in [0.1, 0.15) is 11.5 Å². The average molecular weight is 327 g/mol. The molecule has 0 saturated heterocycles. The van der Waals surface area contributed by atoms with E-state index in [1.807, 2.05) is 20.2 Å². The van der Waals surface area contributed by atoms with Crippen LogP contribution in [-0.2, 0) is 7.05 Å². The van der Waals surface area contributed by atoms with Crippen LogP contribution in [0.4, 0.5) is 4.39 Å². The lowest BCUT2D eigenvalue weighted by Gasteiger charge is -2.16. The van der Waals surface area contributed by atoms with Crippen molar-refractivity contribution in [1.82, 2.24) is 25.3 Å². The predicted octanol–water partition coefficient (Wildman–Crippen LogP) is 2.83. The Labute approximate surface area is 138 Å². The van der Waals surface area contributed by atoms with E-state index in [4.69, 9.17) is 0 Å². The first-order valence-corrected chi connectivity index (χ1v) is 7.67. The van der Waals surface area contributed by atoms with Crippen molar-refractivity contribution < 1.29 is 9.18 Å². The second kappa shape index (κ2) is 6.66. The number of carbonyl (C=O) groups is 1. The van der Waals surface area contributed by atoms with Crippen molar-refractivity contribution in [1.29, 1.82) is 0 Å². The highest BCUT2D eigenvalue weighted by Crippen LogP contribution is 2.19. The molecule has 1 amide bonds. The highest BCUT2D eigenvalue weighted by atomic mass is 19.1. The van der Waals surface area contributed by atoms with Gasteiger partial charge in [-0.2, -0.15) is 10.2 Å². The molecule has 0 aliphatic heterocycles. The van der Waals surface area contributed by atoms with E-state index in [0.29, 0.717) is 17.8 Å². The molecule has 7 heteroatoms. The quantitative estimate of drug-likeness (QED) is 0.756. The van der Waals surface area contributed by atoms with E-state index in [1.54, 1.807) is 29.1 Å². The largest absolute Gasteiger partial charge is 0.344 e. The lowest BCUT2D eigenvalue weighted by molar-refractivity contribution is 0.0930. The first-order valence-electron chi connectivity index (χ1n) is 7.67. The Morgan fingerprint density at radius 3 is 2.75 bits per heavy atom. The van der Waals surface area contributed by atoms with Gasteiger partial charge in [-0.25, -0.2) is 4.39 Å². The second-order valence-corrected chi connectivity index (χ2v) is 5.56. The van der Waals surface area contributed by atoms with Gasteiger partial charge in [0.2, 0.25) is 0 Å². The minimum atomic E-state index is -0.297. The Hall–Kier alpha value is -2.96. The molecule has 0 bridgehead atoms. The Morgan fingerprint density at radius 2 is 2.12 bits per heavy atom. The van der Waals surface area contributed by atoms with Crippen LogP contribution in [0.25, 0.3) is 11.3 Å². The Bertz CT molecular complexity index is 837. The molecule has 1 atom stereocenters. The molecule has 0 radical (unpaired) electrons. The minimum absolute atomic E-state index is 0.191. The average Bonchev–Trinajstić information content (AvgIpc) is 3.22. The van der Waals surface area contributed by atoms with Gasteiger partial charge in [0.25, 0.3) is 5.91 Å². The number of nitrogens with one attached hydrogen (secondary N) is 2. The van der Waals surface area contributed by atoms with Gasteiger partial charge in [0, 0.05) is 18.8 Å². The lowest BCUT2D eigenvalue weighted by Crippen LogP contribution is -2.28. The van der Waals surface area contributed by atoms with Crippen molar-refractivity contribution in [3.63, 3.8) is 0 Å². The number of benzene rings is 1. The molecule has 3 rings (SSSR count). The van der Waals surface area contributed by atoms with E-state index in [0.717, 1.165) is 11.1 Å². The molecule has 2 heterocycles. The van der Waals surface area contributed by atoms with E-state index in [2.05, 4.69) is 20.6 Å². The van der Waals surface area contributed by atoms with Gasteiger partial charge in [-0.1, -0.05) is 19.1 Å². The zero-order valence-corrected chi connectivity index (χ0v) is 13.5. The van der Waals surface area contributed by atoms with E-state index in [-0.39, 0.29) is 17.8 Å². The minimum Gasteiger partial charge on any atom is -0.344 e. The highest BCUT2D eigenvalue weighted by Gasteiger charge is 2.17. The number of aromatic nitrogens is 4. The van der Waals surface area contributed by atoms with Crippen LogP contribution in [0.5, 0.6) is 0 Å². The maximum atomic E-state index is 13.0. The van der Waals surface area contributed by atoms with Crippen LogP contribution in [0.1, 0.15) is 35.4 Å². The number of carbonyl (C=O) groups excluding carboxylic acids is 1. The molecule has 2 N–H and O–H groups in total. The fourth-order valence-corrected chi connectivity index (χ4v) is 2.49. The third-order valence-corrected chi connectivity index (χ3v) is 3.81. The fraction of sp³-hybridized carbons (Fsp3) is 0.235. The summed E-state index contributed by atoms with van der Waals surface area (Å²) in [4.78, 5) is 12.4. The molecule has 1 aromatic carbocycles. The van der Waals surface area contributed by atoms with Crippen LogP contribution in [0, 0.1) is 5.82 Å². The molecule has 0 aliphatic carbocycles.